The van der Waals surface area contributed by atoms with Gasteiger partial charge in [0.1, 0.15) is 5.82 Å². The summed E-state index contributed by atoms with van der Waals surface area (Å²) in [5.41, 5.74) is 8.92. The molecule has 18 heavy (non-hydrogen) atoms. The molecule has 1 aromatic carbocycles. The van der Waals surface area contributed by atoms with Crippen molar-refractivity contribution in [3.63, 3.8) is 0 Å². The Labute approximate surface area is 128 Å². The second kappa shape index (κ2) is 4.85. The molecule has 3 rings (SSSR count). The average Bonchev–Trinajstić information content (AvgIpc) is 2.69. The summed E-state index contributed by atoms with van der Waals surface area (Å²) in [5.74, 6) is 0.793. The van der Waals surface area contributed by atoms with E-state index < -0.39 is 0 Å². The van der Waals surface area contributed by atoms with Crippen molar-refractivity contribution in [2.75, 3.05) is 5.73 Å². The fourth-order valence-electron chi connectivity index (χ4n) is 2.55. The standard InChI is InChI=1S/C13H13BrIN3/c14-10-3-1-9-6-11(4-2-8(9)5-10)18-13(16)12(15)7-17-18/h1,3,5,7,11H,2,4,6,16H2. The van der Waals surface area contributed by atoms with E-state index in [0.717, 1.165) is 33.1 Å². The van der Waals surface area contributed by atoms with E-state index in [1.807, 2.05) is 10.9 Å². The summed E-state index contributed by atoms with van der Waals surface area (Å²) < 4.78 is 4.18. The Morgan fingerprint density at radius 3 is 2.94 bits per heavy atom. The summed E-state index contributed by atoms with van der Waals surface area (Å²) in [7, 11) is 0. The maximum absolute atomic E-state index is 6.06. The molecule has 2 N–H and O–H groups in total. The highest BCUT2D eigenvalue weighted by Crippen LogP contribution is 2.32. The molecule has 1 aromatic heterocycles. The van der Waals surface area contributed by atoms with Crippen LogP contribution in [0.4, 0.5) is 5.82 Å². The first-order valence-electron chi connectivity index (χ1n) is 5.91. The third kappa shape index (κ3) is 2.18. The predicted molar refractivity (Wildman–Crippen MR) is 84.6 cm³/mol. The number of halogens is 2. The molecule has 3 nitrogen and oxygen atoms in total. The summed E-state index contributed by atoms with van der Waals surface area (Å²) >= 11 is 5.76. The Hall–Kier alpha value is -0.560. The number of nitrogens with zero attached hydrogens (tertiary/aromatic N) is 2. The quantitative estimate of drug-likeness (QED) is 0.721. The van der Waals surface area contributed by atoms with Crippen molar-refractivity contribution >= 4 is 44.3 Å². The van der Waals surface area contributed by atoms with Gasteiger partial charge in [0.05, 0.1) is 15.8 Å². The number of aryl methyl sites for hydroxylation is 1. The maximum atomic E-state index is 6.06. The van der Waals surface area contributed by atoms with Gasteiger partial charge in [-0.1, -0.05) is 22.0 Å². The first-order chi connectivity index (χ1) is 8.65. The molecular weight excluding hydrogens is 405 g/mol. The Bertz CT molecular complexity index is 594. The van der Waals surface area contributed by atoms with Crippen LogP contribution in [-0.4, -0.2) is 9.78 Å². The van der Waals surface area contributed by atoms with E-state index in [1.165, 1.54) is 11.1 Å². The van der Waals surface area contributed by atoms with E-state index >= 15 is 0 Å². The topological polar surface area (TPSA) is 43.8 Å². The van der Waals surface area contributed by atoms with Crippen molar-refractivity contribution in [1.82, 2.24) is 9.78 Å². The van der Waals surface area contributed by atoms with Crippen LogP contribution in [0.2, 0.25) is 0 Å². The summed E-state index contributed by atoms with van der Waals surface area (Å²) in [4.78, 5) is 0. The summed E-state index contributed by atoms with van der Waals surface area (Å²) in [6.45, 7) is 0. The SMILES string of the molecule is Nc1c(I)cnn1C1CCc2cc(Br)ccc2C1. The van der Waals surface area contributed by atoms with Gasteiger partial charge in [-0.15, -0.1) is 0 Å². The maximum Gasteiger partial charge on any atom is 0.135 e. The predicted octanol–water partition coefficient (Wildman–Crippen LogP) is 3.56. The van der Waals surface area contributed by atoms with Crippen molar-refractivity contribution in [1.29, 1.82) is 0 Å². The van der Waals surface area contributed by atoms with Gasteiger partial charge in [0.15, 0.2) is 0 Å². The molecule has 0 fully saturated rings. The van der Waals surface area contributed by atoms with Gasteiger partial charge < -0.3 is 5.73 Å². The van der Waals surface area contributed by atoms with Gasteiger partial charge in [-0.3, -0.25) is 0 Å². The van der Waals surface area contributed by atoms with Crippen LogP contribution in [0.1, 0.15) is 23.6 Å². The molecule has 0 aliphatic heterocycles. The molecule has 0 bridgehead atoms. The molecule has 1 aliphatic rings. The number of nitrogens with two attached hydrogens (primary N) is 1. The molecule has 0 spiro atoms. The second-order valence-electron chi connectivity index (χ2n) is 4.63. The Kier molecular flexibility index (Phi) is 3.36. The molecule has 2 aromatic rings. The van der Waals surface area contributed by atoms with Gasteiger partial charge in [0, 0.05) is 4.47 Å². The van der Waals surface area contributed by atoms with E-state index in [1.54, 1.807) is 0 Å². The number of fused-ring (bicyclic) bond motifs is 1. The minimum absolute atomic E-state index is 0.391. The van der Waals surface area contributed by atoms with Crippen LogP contribution in [-0.2, 0) is 12.8 Å². The van der Waals surface area contributed by atoms with Gasteiger partial charge >= 0.3 is 0 Å². The number of hydrogen-bond donors (Lipinski definition) is 1. The largest absolute Gasteiger partial charge is 0.383 e. The van der Waals surface area contributed by atoms with Gasteiger partial charge in [-0.25, -0.2) is 4.68 Å². The molecule has 0 saturated heterocycles. The lowest BCUT2D eigenvalue weighted by molar-refractivity contribution is 0.410. The van der Waals surface area contributed by atoms with Gasteiger partial charge in [0.2, 0.25) is 0 Å². The molecule has 1 unspecified atom stereocenters. The van der Waals surface area contributed by atoms with Crippen LogP contribution in [0.5, 0.6) is 0 Å². The molecule has 94 valence electrons. The van der Waals surface area contributed by atoms with E-state index in [2.05, 4.69) is 61.8 Å². The van der Waals surface area contributed by atoms with E-state index in [-0.39, 0.29) is 0 Å². The molecule has 1 heterocycles. The zero-order valence-electron chi connectivity index (χ0n) is 9.74. The summed E-state index contributed by atoms with van der Waals surface area (Å²) in [6.07, 6.45) is 5.05. The van der Waals surface area contributed by atoms with Crippen LogP contribution >= 0.6 is 38.5 Å². The lowest BCUT2D eigenvalue weighted by Crippen LogP contribution is -2.21. The lowest BCUT2D eigenvalue weighted by Gasteiger charge is -2.25. The highest BCUT2D eigenvalue weighted by Gasteiger charge is 2.22. The number of hydrogen-bond acceptors (Lipinski definition) is 2. The van der Waals surface area contributed by atoms with Crippen LogP contribution in [0.25, 0.3) is 0 Å². The van der Waals surface area contributed by atoms with Crippen molar-refractivity contribution in [3.05, 3.63) is 43.6 Å². The van der Waals surface area contributed by atoms with Crippen LogP contribution in [0.3, 0.4) is 0 Å². The molecular formula is C13H13BrIN3. The van der Waals surface area contributed by atoms with Crippen LogP contribution < -0.4 is 5.73 Å². The highest BCUT2D eigenvalue weighted by molar-refractivity contribution is 14.1. The molecule has 0 saturated carbocycles. The van der Waals surface area contributed by atoms with Crippen LogP contribution in [0, 0.1) is 3.57 Å². The van der Waals surface area contributed by atoms with E-state index in [9.17, 15) is 0 Å². The third-order valence-electron chi connectivity index (χ3n) is 3.50. The number of rotatable bonds is 1. The zero-order valence-corrected chi connectivity index (χ0v) is 13.5. The van der Waals surface area contributed by atoms with Crippen LogP contribution in [0.15, 0.2) is 28.9 Å². The monoisotopic (exact) mass is 417 g/mol. The van der Waals surface area contributed by atoms with E-state index in [0.29, 0.717) is 6.04 Å². The number of aromatic nitrogens is 2. The summed E-state index contributed by atoms with van der Waals surface area (Å²) in [5, 5.41) is 4.40. The lowest BCUT2D eigenvalue weighted by atomic mass is 9.88. The minimum atomic E-state index is 0.391. The molecule has 0 amide bonds. The fourth-order valence-corrected chi connectivity index (χ4v) is 3.33. The van der Waals surface area contributed by atoms with Crippen molar-refractivity contribution in [2.24, 2.45) is 0 Å². The average molecular weight is 418 g/mol. The normalized spacial score (nSPS) is 18.7. The summed E-state index contributed by atoms with van der Waals surface area (Å²) in [6, 6.07) is 6.93. The van der Waals surface area contributed by atoms with Gasteiger partial charge in [-0.05, 0) is 65.1 Å². The molecule has 0 radical (unpaired) electrons. The minimum Gasteiger partial charge on any atom is -0.383 e. The van der Waals surface area contributed by atoms with E-state index in [4.69, 9.17) is 5.73 Å². The second-order valence-corrected chi connectivity index (χ2v) is 6.71. The third-order valence-corrected chi connectivity index (χ3v) is 4.83. The zero-order chi connectivity index (χ0) is 12.7. The Morgan fingerprint density at radius 2 is 2.22 bits per heavy atom. The fraction of sp³-hybridized carbons (Fsp3) is 0.308. The van der Waals surface area contributed by atoms with Crippen molar-refractivity contribution in [3.8, 4) is 0 Å². The number of benzene rings is 1. The first-order valence-corrected chi connectivity index (χ1v) is 7.78. The van der Waals surface area contributed by atoms with Crippen molar-refractivity contribution in [2.45, 2.75) is 25.3 Å². The Balaban J connectivity index is 1.91. The first kappa shape index (κ1) is 12.5. The molecule has 5 heteroatoms. The van der Waals surface area contributed by atoms with Crippen molar-refractivity contribution < 1.29 is 0 Å². The highest BCUT2D eigenvalue weighted by atomic mass is 127. The Morgan fingerprint density at radius 1 is 1.39 bits per heavy atom. The smallest absolute Gasteiger partial charge is 0.135 e. The molecule has 1 atom stereocenters. The van der Waals surface area contributed by atoms with Gasteiger partial charge in [-0.2, -0.15) is 5.10 Å². The molecule has 1 aliphatic carbocycles. The number of anilines is 1. The number of nitrogen functional groups attached to an aromatic ring is 1. The van der Waals surface area contributed by atoms with Gasteiger partial charge in [0.25, 0.3) is 0 Å².